The fourth-order valence-electron chi connectivity index (χ4n) is 3.45. The summed E-state index contributed by atoms with van der Waals surface area (Å²) < 4.78 is 0. The van der Waals surface area contributed by atoms with Crippen molar-refractivity contribution in [2.24, 2.45) is 11.8 Å². The highest BCUT2D eigenvalue weighted by molar-refractivity contribution is 5.78. The van der Waals surface area contributed by atoms with Crippen molar-refractivity contribution < 1.29 is 4.79 Å². The number of hydrogen-bond donors (Lipinski definition) is 1. The molecule has 0 bridgehead atoms. The summed E-state index contributed by atoms with van der Waals surface area (Å²) in [5.41, 5.74) is 2.62. The van der Waals surface area contributed by atoms with Crippen LogP contribution in [0.15, 0.2) is 60.7 Å². The van der Waals surface area contributed by atoms with Crippen LogP contribution in [0.5, 0.6) is 0 Å². The van der Waals surface area contributed by atoms with Crippen LogP contribution < -0.4 is 5.32 Å². The summed E-state index contributed by atoms with van der Waals surface area (Å²) in [6, 6.07) is 21.0. The maximum atomic E-state index is 12.9. The van der Waals surface area contributed by atoms with Gasteiger partial charge < -0.3 is 5.32 Å². The van der Waals surface area contributed by atoms with Gasteiger partial charge in [-0.15, -0.1) is 0 Å². The molecule has 0 spiro atoms. The van der Waals surface area contributed by atoms with Crippen LogP contribution in [-0.4, -0.2) is 12.5 Å². The predicted molar refractivity (Wildman–Crippen MR) is 115 cm³/mol. The molecule has 2 heteroatoms. The van der Waals surface area contributed by atoms with Crippen molar-refractivity contribution in [3.63, 3.8) is 0 Å². The molecule has 27 heavy (non-hydrogen) atoms. The number of amides is 1. The average Bonchev–Trinajstić information content (AvgIpc) is 2.72. The molecule has 0 heterocycles. The van der Waals surface area contributed by atoms with E-state index in [0.29, 0.717) is 5.92 Å². The van der Waals surface area contributed by atoms with Crippen molar-refractivity contribution in [3.8, 4) is 0 Å². The maximum absolute atomic E-state index is 12.9. The first-order chi connectivity index (χ1) is 13.2. The van der Waals surface area contributed by atoms with Gasteiger partial charge in [-0.3, -0.25) is 4.79 Å². The molecule has 1 N–H and O–H groups in total. The number of hydrogen-bond acceptors (Lipinski definition) is 1. The number of nitrogens with one attached hydrogen (secondary N) is 1. The van der Waals surface area contributed by atoms with E-state index in [0.717, 1.165) is 32.2 Å². The van der Waals surface area contributed by atoms with Gasteiger partial charge in [0, 0.05) is 12.5 Å². The number of aryl methyl sites for hydroxylation is 2. The standard InChI is InChI=1S/C25H35NO/c1-3-4-11-21(2)20-26-25(27)24(18-16-22-12-7-5-8-13-22)19-17-23-14-9-6-10-15-23/h5-10,12-15,21,24H,3-4,11,16-20H2,1-2H3,(H,26,27)/t21-/m0/s1. The molecular formula is C25H35NO. The minimum absolute atomic E-state index is 0.0730. The molecule has 0 unspecified atom stereocenters. The monoisotopic (exact) mass is 365 g/mol. The Bertz CT molecular complexity index is 594. The summed E-state index contributed by atoms with van der Waals surface area (Å²) in [6.07, 6.45) is 7.38. The topological polar surface area (TPSA) is 29.1 Å². The van der Waals surface area contributed by atoms with Gasteiger partial charge in [0.1, 0.15) is 0 Å². The van der Waals surface area contributed by atoms with Crippen molar-refractivity contribution >= 4 is 5.91 Å². The molecule has 0 aromatic heterocycles. The Morgan fingerprint density at radius 1 is 0.852 bits per heavy atom. The van der Waals surface area contributed by atoms with Crippen LogP contribution in [0.3, 0.4) is 0 Å². The first-order valence-electron chi connectivity index (χ1n) is 10.5. The largest absolute Gasteiger partial charge is 0.356 e. The van der Waals surface area contributed by atoms with Crippen molar-refractivity contribution in [2.45, 2.75) is 58.8 Å². The predicted octanol–water partition coefficient (Wildman–Crippen LogP) is 5.81. The van der Waals surface area contributed by atoms with Gasteiger partial charge in [-0.2, -0.15) is 0 Å². The zero-order valence-corrected chi connectivity index (χ0v) is 17.0. The van der Waals surface area contributed by atoms with Crippen LogP contribution in [0.1, 0.15) is 57.1 Å². The van der Waals surface area contributed by atoms with Gasteiger partial charge in [0.15, 0.2) is 0 Å². The minimum Gasteiger partial charge on any atom is -0.356 e. The quantitative estimate of drug-likeness (QED) is 0.505. The van der Waals surface area contributed by atoms with Gasteiger partial charge in [-0.25, -0.2) is 0 Å². The van der Waals surface area contributed by atoms with Crippen LogP contribution in [0.4, 0.5) is 0 Å². The van der Waals surface area contributed by atoms with Gasteiger partial charge in [0.25, 0.3) is 0 Å². The highest BCUT2D eigenvalue weighted by Gasteiger charge is 2.19. The molecule has 0 radical (unpaired) electrons. The normalized spacial score (nSPS) is 12.1. The van der Waals surface area contributed by atoms with Crippen molar-refractivity contribution in [3.05, 3.63) is 71.8 Å². The van der Waals surface area contributed by atoms with Crippen LogP contribution in [0, 0.1) is 11.8 Å². The van der Waals surface area contributed by atoms with E-state index in [-0.39, 0.29) is 11.8 Å². The van der Waals surface area contributed by atoms with E-state index >= 15 is 0 Å². The summed E-state index contributed by atoms with van der Waals surface area (Å²) in [5, 5.41) is 3.23. The molecule has 2 nitrogen and oxygen atoms in total. The maximum Gasteiger partial charge on any atom is 0.223 e. The van der Waals surface area contributed by atoms with Gasteiger partial charge in [-0.1, -0.05) is 87.4 Å². The SMILES string of the molecule is CCCC[C@H](C)CNC(=O)C(CCc1ccccc1)CCc1ccccc1. The highest BCUT2D eigenvalue weighted by Crippen LogP contribution is 2.17. The second kappa shape index (κ2) is 12.3. The fraction of sp³-hybridized carbons (Fsp3) is 0.480. The smallest absolute Gasteiger partial charge is 0.223 e. The molecule has 0 aliphatic rings. The van der Waals surface area contributed by atoms with Gasteiger partial charge in [0.2, 0.25) is 5.91 Å². The number of carbonyl (C=O) groups excluding carboxylic acids is 1. The number of unbranched alkanes of at least 4 members (excludes halogenated alkanes) is 1. The zero-order valence-electron chi connectivity index (χ0n) is 17.0. The summed E-state index contributed by atoms with van der Waals surface area (Å²) in [4.78, 5) is 12.9. The van der Waals surface area contributed by atoms with Crippen molar-refractivity contribution in [2.75, 3.05) is 6.54 Å². The Morgan fingerprint density at radius 2 is 1.37 bits per heavy atom. The van der Waals surface area contributed by atoms with E-state index in [1.165, 1.54) is 30.4 Å². The Morgan fingerprint density at radius 3 is 1.85 bits per heavy atom. The molecule has 0 aliphatic heterocycles. The zero-order chi connectivity index (χ0) is 19.3. The van der Waals surface area contributed by atoms with Crippen LogP contribution in [0.2, 0.25) is 0 Å². The molecule has 2 rings (SSSR count). The Kier molecular flexibility index (Phi) is 9.68. The van der Waals surface area contributed by atoms with Crippen LogP contribution >= 0.6 is 0 Å². The molecular weight excluding hydrogens is 330 g/mol. The third-order valence-corrected chi connectivity index (χ3v) is 5.29. The molecule has 1 amide bonds. The molecule has 1 atom stereocenters. The van der Waals surface area contributed by atoms with E-state index < -0.39 is 0 Å². The molecule has 2 aromatic carbocycles. The highest BCUT2D eigenvalue weighted by atomic mass is 16.1. The minimum atomic E-state index is 0.0730. The molecule has 0 saturated carbocycles. The second-order valence-electron chi connectivity index (χ2n) is 7.74. The Hall–Kier alpha value is -2.09. The lowest BCUT2D eigenvalue weighted by Gasteiger charge is -2.19. The van der Waals surface area contributed by atoms with Gasteiger partial charge in [0.05, 0.1) is 0 Å². The Balaban J connectivity index is 1.89. The van der Waals surface area contributed by atoms with E-state index in [1.807, 2.05) is 12.1 Å². The molecule has 0 saturated heterocycles. The molecule has 0 aliphatic carbocycles. The summed E-state index contributed by atoms with van der Waals surface area (Å²) in [5.74, 6) is 0.854. The number of carbonyl (C=O) groups is 1. The fourth-order valence-corrected chi connectivity index (χ4v) is 3.45. The van der Waals surface area contributed by atoms with E-state index in [4.69, 9.17) is 0 Å². The first kappa shape index (κ1) is 21.2. The molecule has 0 fully saturated rings. The van der Waals surface area contributed by atoms with E-state index in [9.17, 15) is 4.79 Å². The van der Waals surface area contributed by atoms with Crippen molar-refractivity contribution in [1.29, 1.82) is 0 Å². The van der Waals surface area contributed by atoms with Crippen LogP contribution in [-0.2, 0) is 17.6 Å². The van der Waals surface area contributed by atoms with Gasteiger partial charge >= 0.3 is 0 Å². The molecule has 146 valence electrons. The van der Waals surface area contributed by atoms with E-state index in [1.54, 1.807) is 0 Å². The third kappa shape index (κ3) is 8.43. The lowest BCUT2D eigenvalue weighted by atomic mass is 9.92. The molecule has 2 aromatic rings. The third-order valence-electron chi connectivity index (χ3n) is 5.29. The lowest BCUT2D eigenvalue weighted by molar-refractivity contribution is -0.125. The van der Waals surface area contributed by atoms with E-state index in [2.05, 4.69) is 67.7 Å². The Labute approximate surface area is 165 Å². The number of benzene rings is 2. The van der Waals surface area contributed by atoms with Gasteiger partial charge in [-0.05, 0) is 49.1 Å². The second-order valence-corrected chi connectivity index (χ2v) is 7.74. The van der Waals surface area contributed by atoms with Crippen molar-refractivity contribution in [1.82, 2.24) is 5.32 Å². The summed E-state index contributed by atoms with van der Waals surface area (Å²) in [7, 11) is 0. The lowest BCUT2D eigenvalue weighted by Crippen LogP contribution is -2.34. The number of rotatable bonds is 12. The van der Waals surface area contributed by atoms with Crippen LogP contribution in [0.25, 0.3) is 0 Å². The summed E-state index contributed by atoms with van der Waals surface area (Å²) >= 11 is 0. The first-order valence-corrected chi connectivity index (χ1v) is 10.5. The average molecular weight is 366 g/mol. The summed E-state index contributed by atoms with van der Waals surface area (Å²) in [6.45, 7) is 5.25.